The number of amides is 2. The first kappa shape index (κ1) is 15.7. The number of hydrogen-bond acceptors (Lipinski definition) is 2. The van der Waals surface area contributed by atoms with Gasteiger partial charge in [0, 0.05) is 18.5 Å². The van der Waals surface area contributed by atoms with Crippen molar-refractivity contribution in [1.82, 2.24) is 10.2 Å². The molecule has 4 atom stereocenters. The Morgan fingerprint density at radius 1 is 1.33 bits per heavy atom. The van der Waals surface area contributed by atoms with Gasteiger partial charge in [-0.05, 0) is 38.5 Å². The van der Waals surface area contributed by atoms with E-state index in [1.165, 1.54) is 6.42 Å². The summed E-state index contributed by atoms with van der Waals surface area (Å²) in [6.45, 7) is 1.84. The molecular formula is C16H24N2O3. The third-order valence-electron chi connectivity index (χ3n) is 4.69. The lowest BCUT2D eigenvalue weighted by molar-refractivity contribution is -0.145. The molecule has 0 bridgehead atoms. The Bertz CT molecular complexity index is 443. The molecule has 0 aromatic heterocycles. The Balaban J connectivity index is 2.14. The number of carboxylic acid groups (broad SMARTS) is 1. The summed E-state index contributed by atoms with van der Waals surface area (Å²) in [7, 11) is 0. The molecule has 1 aliphatic carbocycles. The van der Waals surface area contributed by atoms with Crippen molar-refractivity contribution in [3.8, 4) is 12.3 Å². The van der Waals surface area contributed by atoms with E-state index in [1.54, 1.807) is 4.90 Å². The van der Waals surface area contributed by atoms with Crippen molar-refractivity contribution in [2.75, 3.05) is 0 Å². The number of piperidine rings is 1. The number of hydrogen-bond donors (Lipinski definition) is 2. The smallest absolute Gasteiger partial charge is 0.326 e. The number of carbonyl (C=O) groups excluding carboxylic acids is 1. The summed E-state index contributed by atoms with van der Waals surface area (Å²) < 4.78 is 0. The van der Waals surface area contributed by atoms with E-state index in [1.807, 2.05) is 6.92 Å². The lowest BCUT2D eigenvalue weighted by atomic mass is 9.76. The number of carbonyl (C=O) groups is 2. The van der Waals surface area contributed by atoms with E-state index in [2.05, 4.69) is 11.2 Å². The Morgan fingerprint density at radius 3 is 2.71 bits per heavy atom. The largest absolute Gasteiger partial charge is 0.480 e. The van der Waals surface area contributed by atoms with Gasteiger partial charge in [0.2, 0.25) is 0 Å². The Labute approximate surface area is 126 Å². The number of nitrogens with zero attached hydrogens (tertiary/aromatic N) is 1. The normalized spacial score (nSPS) is 29.9. The van der Waals surface area contributed by atoms with Crippen LogP contribution in [0.1, 0.15) is 51.9 Å². The highest BCUT2D eigenvalue weighted by Gasteiger charge is 2.43. The van der Waals surface area contributed by atoms with Crippen LogP contribution in [-0.2, 0) is 4.79 Å². The fourth-order valence-electron chi connectivity index (χ4n) is 3.68. The molecule has 2 rings (SSSR count). The summed E-state index contributed by atoms with van der Waals surface area (Å²) in [5, 5.41) is 12.3. The van der Waals surface area contributed by atoms with Crippen LogP contribution in [0.4, 0.5) is 4.79 Å². The molecule has 5 nitrogen and oxygen atoms in total. The molecule has 1 heterocycles. The predicted octanol–water partition coefficient (Wildman–Crippen LogP) is 2.22. The highest BCUT2D eigenvalue weighted by atomic mass is 16.4. The molecular weight excluding hydrogens is 268 g/mol. The van der Waals surface area contributed by atoms with Gasteiger partial charge in [0.25, 0.3) is 0 Å². The fraction of sp³-hybridized carbons (Fsp3) is 0.750. The third kappa shape index (κ3) is 3.49. The van der Waals surface area contributed by atoms with Gasteiger partial charge in [0.1, 0.15) is 6.04 Å². The molecule has 116 valence electrons. The van der Waals surface area contributed by atoms with E-state index in [0.29, 0.717) is 18.8 Å². The number of carboxylic acids is 1. The quantitative estimate of drug-likeness (QED) is 0.784. The first-order valence-electron chi connectivity index (χ1n) is 7.79. The van der Waals surface area contributed by atoms with Gasteiger partial charge < -0.3 is 15.3 Å². The number of aliphatic carboxylic acids is 1. The zero-order valence-corrected chi connectivity index (χ0v) is 12.5. The molecule has 4 unspecified atom stereocenters. The van der Waals surface area contributed by atoms with E-state index >= 15 is 0 Å². The van der Waals surface area contributed by atoms with Crippen molar-refractivity contribution in [2.24, 2.45) is 5.92 Å². The average molecular weight is 292 g/mol. The molecule has 1 aliphatic heterocycles. The van der Waals surface area contributed by atoms with E-state index in [0.717, 1.165) is 25.7 Å². The van der Waals surface area contributed by atoms with Gasteiger partial charge in [0.15, 0.2) is 0 Å². The van der Waals surface area contributed by atoms with Gasteiger partial charge in [-0.1, -0.05) is 12.8 Å². The number of rotatable bonds is 3. The maximum Gasteiger partial charge on any atom is 0.326 e. The van der Waals surface area contributed by atoms with Crippen molar-refractivity contribution in [3.05, 3.63) is 0 Å². The van der Waals surface area contributed by atoms with Crippen molar-refractivity contribution in [3.63, 3.8) is 0 Å². The lowest BCUT2D eigenvalue weighted by Gasteiger charge is -2.47. The van der Waals surface area contributed by atoms with Crippen LogP contribution in [0.5, 0.6) is 0 Å². The zero-order chi connectivity index (χ0) is 15.4. The maximum absolute atomic E-state index is 12.5. The monoisotopic (exact) mass is 292 g/mol. The zero-order valence-electron chi connectivity index (χ0n) is 12.5. The van der Waals surface area contributed by atoms with Gasteiger partial charge in [-0.25, -0.2) is 9.59 Å². The standard InChI is InChI=1S/C16H24N2O3/c1-3-6-11(2)17-16(21)18-13-8-5-4-7-12(13)9-10-14(18)15(19)20/h1,11-14H,4-10H2,2H3,(H,17,21)(H,19,20). The molecule has 1 saturated carbocycles. The molecule has 2 N–H and O–H groups in total. The van der Waals surface area contributed by atoms with Gasteiger partial charge in [-0.3, -0.25) is 0 Å². The van der Waals surface area contributed by atoms with Crippen LogP contribution in [0.25, 0.3) is 0 Å². The van der Waals surface area contributed by atoms with Crippen molar-refractivity contribution >= 4 is 12.0 Å². The summed E-state index contributed by atoms with van der Waals surface area (Å²) in [6, 6.07) is -1.06. The van der Waals surface area contributed by atoms with Crippen LogP contribution in [0, 0.1) is 18.3 Å². The number of likely N-dealkylation sites (tertiary alicyclic amines) is 1. The number of fused-ring (bicyclic) bond motifs is 1. The molecule has 2 fully saturated rings. The highest BCUT2D eigenvalue weighted by molar-refractivity contribution is 5.83. The van der Waals surface area contributed by atoms with Gasteiger partial charge in [-0.2, -0.15) is 0 Å². The minimum Gasteiger partial charge on any atom is -0.480 e. The van der Waals surface area contributed by atoms with Crippen molar-refractivity contribution in [1.29, 1.82) is 0 Å². The summed E-state index contributed by atoms with van der Waals surface area (Å²) in [5.74, 6) is 2.06. The second kappa shape index (κ2) is 6.84. The maximum atomic E-state index is 12.5. The van der Waals surface area contributed by atoms with Crippen LogP contribution in [0.15, 0.2) is 0 Å². The van der Waals surface area contributed by atoms with Crippen LogP contribution in [0.3, 0.4) is 0 Å². The van der Waals surface area contributed by atoms with E-state index in [-0.39, 0.29) is 18.1 Å². The summed E-state index contributed by atoms with van der Waals surface area (Å²) in [5.41, 5.74) is 0. The van der Waals surface area contributed by atoms with Crippen LogP contribution >= 0.6 is 0 Å². The Morgan fingerprint density at radius 2 is 2.05 bits per heavy atom. The van der Waals surface area contributed by atoms with Crippen LogP contribution in [0.2, 0.25) is 0 Å². The second-order valence-electron chi connectivity index (χ2n) is 6.21. The molecule has 21 heavy (non-hydrogen) atoms. The average Bonchev–Trinajstić information content (AvgIpc) is 2.45. The van der Waals surface area contributed by atoms with Crippen LogP contribution < -0.4 is 5.32 Å². The fourth-order valence-corrected chi connectivity index (χ4v) is 3.68. The highest BCUT2D eigenvalue weighted by Crippen LogP contribution is 2.38. The molecule has 0 spiro atoms. The van der Waals surface area contributed by atoms with E-state index in [4.69, 9.17) is 6.42 Å². The minimum atomic E-state index is -0.904. The van der Waals surface area contributed by atoms with Crippen molar-refractivity contribution < 1.29 is 14.7 Å². The molecule has 2 aliphatic rings. The molecule has 0 radical (unpaired) electrons. The first-order valence-corrected chi connectivity index (χ1v) is 7.79. The molecule has 2 amide bonds. The topological polar surface area (TPSA) is 69.6 Å². The number of nitrogens with one attached hydrogen (secondary N) is 1. The molecule has 0 aromatic carbocycles. The first-order chi connectivity index (χ1) is 10.0. The van der Waals surface area contributed by atoms with Gasteiger partial charge in [-0.15, -0.1) is 12.3 Å². The third-order valence-corrected chi connectivity index (χ3v) is 4.69. The Kier molecular flexibility index (Phi) is 5.11. The SMILES string of the molecule is C#CCC(C)NC(=O)N1C(C(=O)O)CCC2CCCCC21. The predicted molar refractivity (Wildman–Crippen MR) is 79.7 cm³/mol. The summed E-state index contributed by atoms with van der Waals surface area (Å²) >= 11 is 0. The Hall–Kier alpha value is -1.70. The summed E-state index contributed by atoms with van der Waals surface area (Å²) in [6.07, 6.45) is 11.4. The van der Waals surface area contributed by atoms with E-state index < -0.39 is 12.0 Å². The lowest BCUT2D eigenvalue weighted by Crippen LogP contribution is -2.60. The molecule has 0 aromatic rings. The van der Waals surface area contributed by atoms with Gasteiger partial charge in [0.05, 0.1) is 0 Å². The van der Waals surface area contributed by atoms with E-state index in [9.17, 15) is 14.7 Å². The second-order valence-corrected chi connectivity index (χ2v) is 6.21. The molecule has 5 heteroatoms. The van der Waals surface area contributed by atoms with Gasteiger partial charge >= 0.3 is 12.0 Å². The molecule has 1 saturated heterocycles. The number of terminal acetylenes is 1. The minimum absolute atomic E-state index is 0.0617. The van der Waals surface area contributed by atoms with Crippen molar-refractivity contribution in [2.45, 2.75) is 70.0 Å². The summed E-state index contributed by atoms with van der Waals surface area (Å²) in [4.78, 5) is 25.6. The van der Waals surface area contributed by atoms with Crippen LogP contribution in [-0.4, -0.2) is 40.1 Å². The number of urea groups is 1.